The number of rotatable bonds is 1. The zero-order chi connectivity index (χ0) is 15.8. The molecular formula is C14H16BrF3N2O. The number of halogens is 4. The molecule has 1 aliphatic heterocycles. The van der Waals surface area contributed by atoms with Crippen molar-refractivity contribution in [1.29, 1.82) is 0 Å². The van der Waals surface area contributed by atoms with E-state index in [0.717, 1.165) is 6.07 Å². The second kappa shape index (κ2) is 5.96. The van der Waals surface area contributed by atoms with Crippen LogP contribution in [0.5, 0.6) is 0 Å². The van der Waals surface area contributed by atoms with Crippen molar-refractivity contribution in [3.63, 3.8) is 0 Å². The Morgan fingerprint density at radius 1 is 1.43 bits per heavy atom. The lowest BCUT2D eigenvalue weighted by Crippen LogP contribution is -2.48. The third kappa shape index (κ3) is 3.58. The van der Waals surface area contributed by atoms with Crippen molar-refractivity contribution in [2.45, 2.75) is 38.0 Å². The number of benzene rings is 1. The highest BCUT2D eigenvalue weighted by atomic mass is 79.9. The van der Waals surface area contributed by atoms with Gasteiger partial charge < -0.3 is 10.6 Å². The summed E-state index contributed by atoms with van der Waals surface area (Å²) in [7, 11) is 0. The van der Waals surface area contributed by atoms with E-state index in [4.69, 9.17) is 5.73 Å². The van der Waals surface area contributed by atoms with E-state index in [0.29, 0.717) is 23.9 Å². The van der Waals surface area contributed by atoms with Crippen LogP contribution in [-0.4, -0.2) is 29.4 Å². The second-order valence-electron chi connectivity index (χ2n) is 5.32. The summed E-state index contributed by atoms with van der Waals surface area (Å²) in [6, 6.07) is 3.44. The predicted molar refractivity (Wildman–Crippen MR) is 76.9 cm³/mol. The van der Waals surface area contributed by atoms with E-state index >= 15 is 0 Å². The summed E-state index contributed by atoms with van der Waals surface area (Å²) in [5.74, 6) is -0.589. The molecule has 0 spiro atoms. The summed E-state index contributed by atoms with van der Waals surface area (Å²) in [5.41, 5.74) is 4.60. The third-order valence-electron chi connectivity index (χ3n) is 3.69. The summed E-state index contributed by atoms with van der Waals surface area (Å²) in [5, 5.41) is 0. The number of piperidine rings is 1. The zero-order valence-electron chi connectivity index (χ0n) is 11.5. The van der Waals surface area contributed by atoms with E-state index in [9.17, 15) is 18.0 Å². The van der Waals surface area contributed by atoms with Crippen LogP contribution in [0, 0.1) is 0 Å². The van der Waals surface area contributed by atoms with E-state index in [2.05, 4.69) is 15.9 Å². The highest BCUT2D eigenvalue weighted by molar-refractivity contribution is 9.10. The number of alkyl halides is 3. The van der Waals surface area contributed by atoms with Gasteiger partial charge in [-0.2, -0.15) is 13.2 Å². The highest BCUT2D eigenvalue weighted by Crippen LogP contribution is 2.35. The first kappa shape index (κ1) is 16.3. The molecule has 3 nitrogen and oxygen atoms in total. The molecule has 2 atom stereocenters. The lowest BCUT2D eigenvalue weighted by atomic mass is 9.97. The minimum absolute atomic E-state index is 0.00365. The zero-order valence-corrected chi connectivity index (χ0v) is 13.0. The molecule has 0 saturated carbocycles. The summed E-state index contributed by atoms with van der Waals surface area (Å²) in [4.78, 5) is 13.9. The first-order valence-corrected chi connectivity index (χ1v) is 7.42. The first-order valence-electron chi connectivity index (χ1n) is 6.63. The van der Waals surface area contributed by atoms with Crippen LogP contribution in [-0.2, 0) is 6.18 Å². The summed E-state index contributed by atoms with van der Waals surface area (Å²) >= 11 is 3.01. The molecule has 7 heteroatoms. The lowest BCUT2D eigenvalue weighted by molar-refractivity contribution is -0.138. The van der Waals surface area contributed by atoms with Gasteiger partial charge >= 0.3 is 6.18 Å². The van der Waals surface area contributed by atoms with Crippen molar-refractivity contribution < 1.29 is 18.0 Å². The van der Waals surface area contributed by atoms with Crippen molar-refractivity contribution >= 4 is 21.8 Å². The largest absolute Gasteiger partial charge is 0.417 e. The molecule has 1 amide bonds. The number of nitrogens with two attached hydrogens (primary N) is 1. The van der Waals surface area contributed by atoms with E-state index < -0.39 is 17.6 Å². The Hall–Kier alpha value is -1.08. The summed E-state index contributed by atoms with van der Waals surface area (Å²) in [6.45, 7) is 2.19. The van der Waals surface area contributed by atoms with E-state index in [1.54, 1.807) is 0 Å². The van der Waals surface area contributed by atoms with Gasteiger partial charge in [-0.05, 0) is 38.0 Å². The Balaban J connectivity index is 2.35. The average molecular weight is 365 g/mol. The van der Waals surface area contributed by atoms with Crippen LogP contribution in [0.2, 0.25) is 0 Å². The van der Waals surface area contributed by atoms with E-state index in [1.807, 2.05) is 6.92 Å². The molecule has 116 valence electrons. The normalized spacial score (nSPS) is 23.2. The Kier molecular flexibility index (Phi) is 4.63. The average Bonchev–Trinajstić information content (AvgIpc) is 2.37. The summed E-state index contributed by atoms with van der Waals surface area (Å²) < 4.78 is 39.6. The van der Waals surface area contributed by atoms with Crippen LogP contribution in [0.4, 0.5) is 13.2 Å². The molecule has 2 unspecified atom stereocenters. The SMILES string of the molecule is CC1CC(N)CCN1C(=O)c1ccc(Br)cc1C(F)(F)F. The van der Waals surface area contributed by atoms with E-state index in [-0.39, 0.29) is 17.6 Å². The van der Waals surface area contributed by atoms with Crippen molar-refractivity contribution in [2.75, 3.05) is 6.54 Å². The van der Waals surface area contributed by atoms with Crippen molar-refractivity contribution in [1.82, 2.24) is 4.90 Å². The van der Waals surface area contributed by atoms with Crippen LogP contribution in [0.3, 0.4) is 0 Å². The fraction of sp³-hybridized carbons (Fsp3) is 0.500. The van der Waals surface area contributed by atoms with Gasteiger partial charge in [-0.25, -0.2) is 0 Å². The maximum absolute atomic E-state index is 13.1. The van der Waals surface area contributed by atoms with Gasteiger partial charge in [-0.15, -0.1) is 0 Å². The fourth-order valence-electron chi connectivity index (χ4n) is 2.60. The van der Waals surface area contributed by atoms with Crippen LogP contribution >= 0.6 is 15.9 Å². The number of likely N-dealkylation sites (tertiary alicyclic amines) is 1. The number of carbonyl (C=O) groups is 1. The molecule has 1 saturated heterocycles. The molecule has 1 aliphatic rings. The first-order chi connectivity index (χ1) is 9.70. The Morgan fingerprint density at radius 2 is 2.10 bits per heavy atom. The van der Waals surface area contributed by atoms with Gasteiger partial charge in [0.15, 0.2) is 0 Å². The van der Waals surface area contributed by atoms with Crippen molar-refractivity contribution in [2.24, 2.45) is 5.73 Å². The van der Waals surface area contributed by atoms with Gasteiger partial charge in [0.1, 0.15) is 0 Å². The minimum atomic E-state index is -4.57. The molecule has 0 aliphatic carbocycles. The predicted octanol–water partition coefficient (Wildman–Crippen LogP) is 3.42. The maximum atomic E-state index is 13.1. The quantitative estimate of drug-likeness (QED) is 0.829. The smallest absolute Gasteiger partial charge is 0.336 e. The van der Waals surface area contributed by atoms with Gasteiger partial charge in [0, 0.05) is 23.1 Å². The number of nitrogens with zero attached hydrogens (tertiary/aromatic N) is 1. The number of amides is 1. The van der Waals surface area contributed by atoms with Crippen molar-refractivity contribution in [3.8, 4) is 0 Å². The monoisotopic (exact) mass is 364 g/mol. The molecule has 1 fully saturated rings. The van der Waals surface area contributed by atoms with Gasteiger partial charge in [0.05, 0.1) is 11.1 Å². The molecule has 0 aromatic heterocycles. The third-order valence-corrected chi connectivity index (χ3v) is 4.19. The van der Waals surface area contributed by atoms with Crippen LogP contribution in [0.15, 0.2) is 22.7 Å². The molecule has 2 N–H and O–H groups in total. The van der Waals surface area contributed by atoms with Crippen LogP contribution in [0.1, 0.15) is 35.7 Å². The summed E-state index contributed by atoms with van der Waals surface area (Å²) in [6.07, 6.45) is -3.36. The van der Waals surface area contributed by atoms with E-state index in [1.165, 1.54) is 17.0 Å². The molecule has 1 heterocycles. The molecule has 1 aromatic rings. The van der Waals surface area contributed by atoms with Gasteiger partial charge in [-0.1, -0.05) is 15.9 Å². The fourth-order valence-corrected chi connectivity index (χ4v) is 2.96. The van der Waals surface area contributed by atoms with Crippen molar-refractivity contribution in [3.05, 3.63) is 33.8 Å². The van der Waals surface area contributed by atoms with Gasteiger partial charge in [0.2, 0.25) is 0 Å². The molecule has 21 heavy (non-hydrogen) atoms. The van der Waals surface area contributed by atoms with Crippen LogP contribution < -0.4 is 5.73 Å². The highest BCUT2D eigenvalue weighted by Gasteiger charge is 2.37. The van der Waals surface area contributed by atoms with Gasteiger partial charge in [0.25, 0.3) is 5.91 Å². The molecule has 0 bridgehead atoms. The Labute approximate surface area is 129 Å². The molecule has 0 radical (unpaired) electrons. The maximum Gasteiger partial charge on any atom is 0.417 e. The number of hydrogen-bond acceptors (Lipinski definition) is 2. The number of hydrogen-bond donors (Lipinski definition) is 1. The molecule has 1 aromatic carbocycles. The number of carbonyl (C=O) groups excluding carboxylic acids is 1. The molecular weight excluding hydrogens is 349 g/mol. The van der Waals surface area contributed by atoms with Gasteiger partial charge in [-0.3, -0.25) is 4.79 Å². The lowest BCUT2D eigenvalue weighted by Gasteiger charge is -2.36. The molecule has 2 rings (SSSR count). The Morgan fingerprint density at radius 3 is 2.67 bits per heavy atom. The standard InChI is InChI=1S/C14H16BrF3N2O/c1-8-6-10(19)4-5-20(8)13(21)11-3-2-9(15)7-12(11)14(16,17)18/h2-3,7-8,10H,4-6,19H2,1H3. The topological polar surface area (TPSA) is 46.3 Å². The van der Waals surface area contributed by atoms with Crippen LogP contribution in [0.25, 0.3) is 0 Å². The minimum Gasteiger partial charge on any atom is -0.336 e. The second-order valence-corrected chi connectivity index (χ2v) is 6.24. The Bertz CT molecular complexity index is 548.